The van der Waals surface area contributed by atoms with Gasteiger partial charge in [-0.1, -0.05) is 59.2 Å². The van der Waals surface area contributed by atoms with Crippen molar-refractivity contribution in [1.29, 1.82) is 0 Å². The van der Waals surface area contributed by atoms with E-state index in [-0.39, 0.29) is 63.5 Å². The van der Waals surface area contributed by atoms with Crippen molar-refractivity contribution in [1.82, 2.24) is 0 Å². The standard InChI is InChI=1S/C36H50O6/c1-19(14-24(38)31-33(4,5)42-31)28-23-12-13-27-34(6)16-22(20-10-9-11-21(37)15-20)30(41)32(2,3)29(34)26(40)18-36(27,8)35(23,7)17-25(28)39/h9-11,15,19,22,24,26-27,29,31,37-38,40H,12-14,16-18H2,1-8H3. The highest BCUT2D eigenvalue weighted by atomic mass is 16.6. The molecule has 6 heteroatoms. The van der Waals surface area contributed by atoms with Crippen LogP contribution in [-0.4, -0.2) is 50.8 Å². The maximum atomic E-state index is 14.1. The molecule has 3 N–H and O–H groups in total. The summed E-state index contributed by atoms with van der Waals surface area (Å²) in [4.78, 5) is 27.9. The Kier molecular flexibility index (Phi) is 6.61. The van der Waals surface area contributed by atoms with Gasteiger partial charge in [-0.25, -0.2) is 0 Å². The minimum atomic E-state index is -0.735. The molecule has 5 aliphatic rings. The summed E-state index contributed by atoms with van der Waals surface area (Å²) in [5, 5.41) is 33.2. The van der Waals surface area contributed by atoms with Gasteiger partial charge in [-0.3, -0.25) is 9.59 Å². The molecule has 10 atom stereocenters. The monoisotopic (exact) mass is 578 g/mol. The van der Waals surface area contributed by atoms with E-state index in [2.05, 4.69) is 27.7 Å². The van der Waals surface area contributed by atoms with Crippen molar-refractivity contribution in [3.63, 3.8) is 0 Å². The van der Waals surface area contributed by atoms with Gasteiger partial charge in [0.2, 0.25) is 0 Å². The van der Waals surface area contributed by atoms with Crippen molar-refractivity contribution in [3.8, 4) is 5.75 Å². The fourth-order valence-electron chi connectivity index (χ4n) is 11.3. The summed E-state index contributed by atoms with van der Waals surface area (Å²) in [6, 6.07) is 7.10. The first-order valence-corrected chi connectivity index (χ1v) is 16.0. The molecule has 0 amide bonds. The Labute approximate surface area is 250 Å². The number of epoxide rings is 1. The van der Waals surface area contributed by atoms with E-state index in [1.165, 1.54) is 5.57 Å². The van der Waals surface area contributed by atoms with Gasteiger partial charge in [0.25, 0.3) is 0 Å². The third kappa shape index (κ3) is 4.00. The van der Waals surface area contributed by atoms with Gasteiger partial charge < -0.3 is 20.1 Å². The second-order valence-corrected chi connectivity index (χ2v) is 16.4. The minimum Gasteiger partial charge on any atom is -0.508 e. The number of Topliss-reactive ketones (excluding diaryl/α,β-unsaturated/α-hetero) is 2. The maximum Gasteiger partial charge on any atom is 0.159 e. The minimum absolute atomic E-state index is 0.0669. The average molecular weight is 579 g/mol. The molecule has 1 saturated heterocycles. The number of ketones is 2. The highest BCUT2D eigenvalue weighted by Gasteiger charge is 2.71. The molecule has 10 unspecified atom stereocenters. The molecule has 1 aromatic carbocycles. The first-order chi connectivity index (χ1) is 19.4. The molecule has 42 heavy (non-hydrogen) atoms. The Hall–Kier alpha value is -2.02. The SMILES string of the molecule is CC(CC(O)C1OC1(C)C)C1=C2CCC3C4(C)CC(c5cccc(O)c5)C(=O)C(C)(C)C4C(O)CC3(C)C2(C)CC1=O. The van der Waals surface area contributed by atoms with Crippen LogP contribution in [0.2, 0.25) is 0 Å². The molecule has 0 bridgehead atoms. The molecule has 1 aromatic rings. The zero-order valence-corrected chi connectivity index (χ0v) is 26.7. The molecule has 1 aliphatic heterocycles. The van der Waals surface area contributed by atoms with E-state index in [4.69, 9.17) is 4.74 Å². The molecule has 0 aromatic heterocycles. The summed E-state index contributed by atoms with van der Waals surface area (Å²) in [6.45, 7) is 16.9. The van der Waals surface area contributed by atoms with Crippen molar-refractivity contribution in [3.05, 3.63) is 41.0 Å². The fraction of sp³-hybridized carbons (Fsp3) is 0.722. The van der Waals surface area contributed by atoms with E-state index < -0.39 is 23.0 Å². The van der Waals surface area contributed by atoms with Gasteiger partial charge in [0.05, 0.1) is 17.8 Å². The lowest BCUT2D eigenvalue weighted by molar-refractivity contribution is -0.219. The number of allylic oxidation sites excluding steroid dienone is 2. The van der Waals surface area contributed by atoms with Gasteiger partial charge in [0.15, 0.2) is 5.78 Å². The second-order valence-electron chi connectivity index (χ2n) is 16.4. The molecule has 0 spiro atoms. The van der Waals surface area contributed by atoms with Crippen LogP contribution in [0.25, 0.3) is 0 Å². The predicted molar refractivity (Wildman–Crippen MR) is 161 cm³/mol. The first kappa shape index (κ1) is 30.0. The number of aliphatic hydroxyl groups is 2. The third-order valence-electron chi connectivity index (χ3n) is 13.2. The van der Waals surface area contributed by atoms with Gasteiger partial charge in [-0.2, -0.15) is 0 Å². The Balaban J connectivity index is 1.38. The quantitative estimate of drug-likeness (QED) is 0.364. The Morgan fingerprint density at radius 3 is 2.33 bits per heavy atom. The number of phenolic OH excluding ortho intramolecular Hbond substituents is 1. The molecule has 3 saturated carbocycles. The van der Waals surface area contributed by atoms with Crippen LogP contribution in [0.4, 0.5) is 0 Å². The molecule has 6 nitrogen and oxygen atoms in total. The molecule has 230 valence electrons. The van der Waals surface area contributed by atoms with Crippen molar-refractivity contribution < 1.29 is 29.6 Å². The van der Waals surface area contributed by atoms with E-state index in [0.29, 0.717) is 25.7 Å². The van der Waals surface area contributed by atoms with E-state index in [1.54, 1.807) is 18.2 Å². The first-order valence-electron chi connectivity index (χ1n) is 16.0. The number of benzene rings is 1. The third-order valence-corrected chi connectivity index (χ3v) is 13.2. The zero-order chi connectivity index (χ0) is 30.8. The van der Waals surface area contributed by atoms with Gasteiger partial charge in [-0.05, 0) is 91.9 Å². The van der Waals surface area contributed by atoms with E-state index in [0.717, 1.165) is 24.0 Å². The normalized spacial score (nSPS) is 43.3. The molecule has 0 radical (unpaired) electrons. The van der Waals surface area contributed by atoms with Crippen LogP contribution in [0.3, 0.4) is 0 Å². The molecule has 6 rings (SSSR count). The maximum absolute atomic E-state index is 14.1. The van der Waals surface area contributed by atoms with E-state index >= 15 is 0 Å². The number of hydrogen-bond donors (Lipinski definition) is 3. The van der Waals surface area contributed by atoms with Crippen molar-refractivity contribution in [2.45, 2.75) is 124 Å². The molecular formula is C36H50O6. The van der Waals surface area contributed by atoms with Gasteiger partial charge >= 0.3 is 0 Å². The van der Waals surface area contributed by atoms with Crippen LogP contribution in [0.5, 0.6) is 5.75 Å². The number of hydrogen-bond acceptors (Lipinski definition) is 6. The predicted octanol–water partition coefficient (Wildman–Crippen LogP) is 6.12. The van der Waals surface area contributed by atoms with Crippen LogP contribution >= 0.6 is 0 Å². The number of phenols is 1. The van der Waals surface area contributed by atoms with Crippen LogP contribution in [-0.2, 0) is 14.3 Å². The molecule has 4 fully saturated rings. The summed E-state index contributed by atoms with van der Waals surface area (Å²) in [5.41, 5.74) is 0.857. The Bertz CT molecular complexity index is 1360. The summed E-state index contributed by atoms with van der Waals surface area (Å²) < 4.78 is 5.70. The van der Waals surface area contributed by atoms with Crippen molar-refractivity contribution in [2.24, 2.45) is 39.4 Å². The van der Waals surface area contributed by atoms with E-state index in [1.807, 2.05) is 33.8 Å². The van der Waals surface area contributed by atoms with Gasteiger partial charge in [-0.15, -0.1) is 0 Å². The molecule has 1 heterocycles. The van der Waals surface area contributed by atoms with Crippen LogP contribution in [0.15, 0.2) is 35.4 Å². The van der Waals surface area contributed by atoms with Crippen molar-refractivity contribution >= 4 is 11.6 Å². The number of carbonyl (C=O) groups is 2. The number of carbonyl (C=O) groups excluding carboxylic acids is 2. The largest absolute Gasteiger partial charge is 0.508 e. The number of aromatic hydroxyl groups is 1. The van der Waals surface area contributed by atoms with Crippen molar-refractivity contribution in [2.75, 3.05) is 0 Å². The Morgan fingerprint density at radius 2 is 1.71 bits per heavy atom. The molecular weight excluding hydrogens is 528 g/mol. The lowest BCUT2D eigenvalue weighted by atomic mass is 9.35. The number of fused-ring (bicyclic) bond motifs is 5. The smallest absolute Gasteiger partial charge is 0.159 e. The zero-order valence-electron chi connectivity index (χ0n) is 26.7. The van der Waals surface area contributed by atoms with Crippen LogP contribution in [0.1, 0.15) is 105 Å². The topological polar surface area (TPSA) is 107 Å². The van der Waals surface area contributed by atoms with Crippen LogP contribution < -0.4 is 0 Å². The highest BCUT2D eigenvalue weighted by Crippen LogP contribution is 2.74. The summed E-state index contributed by atoms with van der Waals surface area (Å²) >= 11 is 0. The highest BCUT2D eigenvalue weighted by molar-refractivity contribution is 6.00. The summed E-state index contributed by atoms with van der Waals surface area (Å²) in [7, 11) is 0. The lowest BCUT2D eigenvalue weighted by Crippen LogP contribution is -2.67. The fourth-order valence-corrected chi connectivity index (χ4v) is 11.3. The van der Waals surface area contributed by atoms with Gasteiger partial charge in [0, 0.05) is 29.1 Å². The summed E-state index contributed by atoms with van der Waals surface area (Å²) in [6.07, 6.45) is 2.39. The number of ether oxygens (including phenoxy) is 1. The van der Waals surface area contributed by atoms with Crippen LogP contribution in [0, 0.1) is 39.4 Å². The Morgan fingerprint density at radius 1 is 1.05 bits per heavy atom. The van der Waals surface area contributed by atoms with Gasteiger partial charge in [0.1, 0.15) is 17.6 Å². The molecule has 4 aliphatic carbocycles. The number of rotatable bonds is 5. The second kappa shape index (κ2) is 9.25. The lowest BCUT2D eigenvalue weighted by Gasteiger charge is -2.69. The average Bonchev–Trinajstić information content (AvgIpc) is 3.42. The summed E-state index contributed by atoms with van der Waals surface area (Å²) in [5.74, 6) is 0.0789. The number of aliphatic hydroxyl groups excluding tert-OH is 2. The van der Waals surface area contributed by atoms with E-state index in [9.17, 15) is 24.9 Å².